The number of pyridine rings is 2. The predicted octanol–water partition coefficient (Wildman–Crippen LogP) is 4.22. The quantitative estimate of drug-likeness (QED) is 0.509. The van der Waals surface area contributed by atoms with E-state index in [4.69, 9.17) is 0 Å². The number of anilines is 3. The van der Waals surface area contributed by atoms with Crippen LogP contribution in [0.1, 0.15) is 0 Å². The maximum atomic E-state index is 12.4. The van der Waals surface area contributed by atoms with Crippen LogP contribution in [0.25, 0.3) is 21.9 Å². The Kier molecular flexibility index (Phi) is 3.83. The van der Waals surface area contributed by atoms with Crippen molar-refractivity contribution < 1.29 is 13.2 Å². The lowest BCUT2D eigenvalue weighted by atomic mass is 10.1. The summed E-state index contributed by atoms with van der Waals surface area (Å²) >= 11 is 0. The summed E-state index contributed by atoms with van der Waals surface area (Å²) in [7, 11) is 0. The van der Waals surface area contributed by atoms with Crippen molar-refractivity contribution in [3.05, 3.63) is 48.8 Å². The fourth-order valence-electron chi connectivity index (χ4n) is 2.65. The number of nitrogens with zero attached hydrogens (tertiary/aromatic N) is 3. The number of hydrogen-bond acceptors (Lipinski definition) is 5. The molecule has 4 rings (SSSR count). The van der Waals surface area contributed by atoms with Gasteiger partial charge in [0.1, 0.15) is 6.54 Å². The Morgan fingerprint density at radius 1 is 1.08 bits per heavy atom. The first kappa shape index (κ1) is 16.1. The number of para-hydroxylation sites is 1. The van der Waals surface area contributed by atoms with Crippen LogP contribution in [-0.2, 0) is 0 Å². The highest BCUT2D eigenvalue weighted by atomic mass is 19.4. The molecule has 9 heteroatoms. The molecule has 0 bridgehead atoms. The third kappa shape index (κ3) is 3.23. The van der Waals surface area contributed by atoms with Crippen LogP contribution in [0.2, 0.25) is 0 Å². The van der Waals surface area contributed by atoms with Gasteiger partial charge in [0.05, 0.1) is 28.5 Å². The van der Waals surface area contributed by atoms with Crippen molar-refractivity contribution >= 4 is 39.1 Å². The molecule has 132 valence electrons. The van der Waals surface area contributed by atoms with E-state index in [2.05, 4.69) is 30.8 Å². The maximum absolute atomic E-state index is 12.4. The second-order valence-corrected chi connectivity index (χ2v) is 5.67. The van der Waals surface area contributed by atoms with Crippen molar-refractivity contribution in [1.29, 1.82) is 0 Å². The van der Waals surface area contributed by atoms with Gasteiger partial charge in [-0.25, -0.2) is 4.98 Å². The van der Waals surface area contributed by atoms with Crippen LogP contribution in [0.3, 0.4) is 0 Å². The van der Waals surface area contributed by atoms with Crippen molar-refractivity contribution in [2.75, 3.05) is 17.2 Å². The smallest absolute Gasteiger partial charge is 0.375 e. The molecule has 1 aromatic carbocycles. The van der Waals surface area contributed by atoms with Crippen molar-refractivity contribution in [2.24, 2.45) is 0 Å². The molecule has 0 aliphatic rings. The second-order valence-electron chi connectivity index (χ2n) is 5.67. The summed E-state index contributed by atoms with van der Waals surface area (Å²) in [5, 5.41) is 14.1. The van der Waals surface area contributed by atoms with Gasteiger partial charge in [-0.15, -0.1) is 0 Å². The number of alkyl halides is 3. The van der Waals surface area contributed by atoms with Gasteiger partial charge in [0.15, 0.2) is 11.5 Å². The molecule has 0 aliphatic heterocycles. The van der Waals surface area contributed by atoms with Gasteiger partial charge in [-0.2, -0.15) is 18.3 Å². The summed E-state index contributed by atoms with van der Waals surface area (Å²) in [5.41, 5.74) is 2.13. The van der Waals surface area contributed by atoms with E-state index in [1.54, 1.807) is 42.7 Å². The molecule has 0 fully saturated rings. The minimum Gasteiger partial charge on any atom is -0.375 e. The number of aromatic nitrogens is 4. The Morgan fingerprint density at radius 2 is 1.96 bits per heavy atom. The monoisotopic (exact) mass is 358 g/mol. The average Bonchev–Trinajstić information content (AvgIpc) is 3.02. The summed E-state index contributed by atoms with van der Waals surface area (Å²) in [6.07, 6.45) is -1.08. The Hall–Kier alpha value is -3.36. The van der Waals surface area contributed by atoms with E-state index in [0.29, 0.717) is 33.7 Å². The van der Waals surface area contributed by atoms with E-state index in [1.165, 1.54) is 0 Å². The Morgan fingerprint density at radius 3 is 2.81 bits per heavy atom. The molecule has 3 heterocycles. The number of hydrogen-bond donors (Lipinski definition) is 3. The first-order chi connectivity index (χ1) is 12.5. The topological polar surface area (TPSA) is 78.5 Å². The van der Waals surface area contributed by atoms with Crippen molar-refractivity contribution in [3.8, 4) is 0 Å². The molecular formula is C17H13F3N6. The molecule has 26 heavy (non-hydrogen) atoms. The Balaban J connectivity index is 1.64. The van der Waals surface area contributed by atoms with Crippen molar-refractivity contribution in [2.45, 2.75) is 6.18 Å². The van der Waals surface area contributed by atoms with Gasteiger partial charge >= 0.3 is 6.18 Å². The largest absolute Gasteiger partial charge is 0.405 e. The summed E-state index contributed by atoms with van der Waals surface area (Å²) in [5.74, 6) is 0.598. The number of fused-ring (bicyclic) bond motifs is 2. The van der Waals surface area contributed by atoms with Crippen LogP contribution >= 0.6 is 0 Å². The molecule has 3 N–H and O–H groups in total. The summed E-state index contributed by atoms with van der Waals surface area (Å²) < 4.78 is 37.3. The van der Waals surface area contributed by atoms with E-state index >= 15 is 0 Å². The first-order valence-electron chi connectivity index (χ1n) is 7.75. The van der Waals surface area contributed by atoms with E-state index in [1.807, 2.05) is 6.07 Å². The van der Waals surface area contributed by atoms with Gasteiger partial charge in [-0.3, -0.25) is 10.1 Å². The molecule has 0 unspecified atom stereocenters. The number of halogens is 3. The molecule has 0 aliphatic carbocycles. The van der Waals surface area contributed by atoms with Gasteiger partial charge in [0.2, 0.25) is 0 Å². The van der Waals surface area contributed by atoms with Gasteiger partial charge in [0, 0.05) is 11.6 Å². The third-order valence-corrected chi connectivity index (χ3v) is 3.79. The standard InChI is InChI=1S/C17H13F3N6/c18-17(19,20)9-23-13-5-1-3-10-7-11(8-22-14(10)13)24-16-12-4-2-6-21-15(12)25-26-16/h1-8,23H,9H2,(H2,21,24,25,26). The molecule has 0 radical (unpaired) electrons. The van der Waals surface area contributed by atoms with Gasteiger partial charge in [0.25, 0.3) is 0 Å². The van der Waals surface area contributed by atoms with Gasteiger partial charge in [-0.1, -0.05) is 12.1 Å². The highest BCUT2D eigenvalue weighted by molar-refractivity contribution is 5.94. The van der Waals surface area contributed by atoms with Crippen LogP contribution < -0.4 is 10.6 Å². The zero-order valence-electron chi connectivity index (χ0n) is 13.3. The summed E-state index contributed by atoms with van der Waals surface area (Å²) in [6, 6.07) is 10.5. The van der Waals surface area contributed by atoms with Crippen LogP contribution in [0, 0.1) is 0 Å². The lowest BCUT2D eigenvalue weighted by molar-refractivity contribution is -0.115. The van der Waals surface area contributed by atoms with Crippen molar-refractivity contribution in [3.63, 3.8) is 0 Å². The highest BCUT2D eigenvalue weighted by Gasteiger charge is 2.26. The molecule has 0 spiro atoms. The third-order valence-electron chi connectivity index (χ3n) is 3.79. The maximum Gasteiger partial charge on any atom is 0.405 e. The lowest BCUT2D eigenvalue weighted by Crippen LogP contribution is -2.21. The first-order valence-corrected chi connectivity index (χ1v) is 7.75. The zero-order chi connectivity index (χ0) is 18.1. The zero-order valence-corrected chi connectivity index (χ0v) is 13.3. The van der Waals surface area contributed by atoms with Crippen LogP contribution in [-0.4, -0.2) is 32.9 Å². The molecule has 0 amide bonds. The number of H-pyrrole nitrogens is 1. The van der Waals surface area contributed by atoms with E-state index < -0.39 is 12.7 Å². The fraction of sp³-hybridized carbons (Fsp3) is 0.118. The van der Waals surface area contributed by atoms with Gasteiger partial charge < -0.3 is 10.6 Å². The summed E-state index contributed by atoms with van der Waals surface area (Å²) in [4.78, 5) is 8.47. The van der Waals surface area contributed by atoms with E-state index in [-0.39, 0.29) is 0 Å². The van der Waals surface area contributed by atoms with Crippen LogP contribution in [0.5, 0.6) is 0 Å². The number of benzene rings is 1. The molecule has 3 aromatic heterocycles. The average molecular weight is 358 g/mol. The minimum atomic E-state index is -4.29. The van der Waals surface area contributed by atoms with Crippen LogP contribution in [0.4, 0.5) is 30.4 Å². The number of nitrogens with one attached hydrogen (secondary N) is 3. The number of rotatable bonds is 4. The number of aromatic amines is 1. The normalized spacial score (nSPS) is 11.8. The lowest BCUT2D eigenvalue weighted by Gasteiger charge is -2.12. The molecule has 0 atom stereocenters. The van der Waals surface area contributed by atoms with Crippen LogP contribution in [0.15, 0.2) is 48.8 Å². The highest BCUT2D eigenvalue weighted by Crippen LogP contribution is 2.27. The summed E-state index contributed by atoms with van der Waals surface area (Å²) in [6.45, 7) is -1.11. The molecule has 0 saturated carbocycles. The Labute approximate surface area is 145 Å². The van der Waals surface area contributed by atoms with E-state index in [0.717, 1.165) is 5.39 Å². The molecule has 6 nitrogen and oxygen atoms in total. The van der Waals surface area contributed by atoms with E-state index in [9.17, 15) is 13.2 Å². The fourth-order valence-corrected chi connectivity index (χ4v) is 2.65. The molecular weight excluding hydrogens is 345 g/mol. The molecule has 0 saturated heterocycles. The van der Waals surface area contributed by atoms with Crippen molar-refractivity contribution in [1.82, 2.24) is 20.2 Å². The minimum absolute atomic E-state index is 0.334. The SMILES string of the molecule is FC(F)(F)CNc1cccc2cc(Nc3n[nH]c4ncccc34)cnc12. The van der Waals surface area contributed by atoms with Gasteiger partial charge in [-0.05, 0) is 24.3 Å². The predicted molar refractivity (Wildman–Crippen MR) is 93.5 cm³/mol. The second kappa shape index (κ2) is 6.17. The molecule has 4 aromatic rings. The Bertz CT molecular complexity index is 1070.